The summed E-state index contributed by atoms with van der Waals surface area (Å²) in [7, 11) is 1.36. The lowest BCUT2D eigenvalue weighted by atomic mass is 9.75. The largest absolute Gasteiger partial charge is 0.494 e. The van der Waals surface area contributed by atoms with Gasteiger partial charge in [-0.3, -0.25) is 0 Å². The zero-order valence-corrected chi connectivity index (χ0v) is 11.4. The van der Waals surface area contributed by atoms with Gasteiger partial charge >= 0.3 is 7.12 Å². The van der Waals surface area contributed by atoms with E-state index in [1.165, 1.54) is 6.07 Å². The van der Waals surface area contributed by atoms with Crippen molar-refractivity contribution in [1.29, 1.82) is 0 Å². The Bertz CT molecular complexity index is 499. The Labute approximate surface area is 112 Å². The zero-order valence-electron chi connectivity index (χ0n) is 11.4. The van der Waals surface area contributed by atoms with Crippen LogP contribution in [-0.4, -0.2) is 34.1 Å². The van der Waals surface area contributed by atoms with Gasteiger partial charge in [0.25, 0.3) is 0 Å². The molecule has 0 unspecified atom stereocenters. The molecule has 2 aliphatic heterocycles. The van der Waals surface area contributed by atoms with Gasteiger partial charge in [-0.1, -0.05) is 13.8 Å². The predicted molar refractivity (Wildman–Crippen MR) is 71.4 cm³/mol. The van der Waals surface area contributed by atoms with Crippen molar-refractivity contribution >= 4 is 18.3 Å². The molecule has 0 amide bonds. The third kappa shape index (κ3) is 2.30. The summed E-state index contributed by atoms with van der Waals surface area (Å²) >= 11 is 0. The minimum atomic E-state index is -0.498. The highest BCUT2D eigenvalue weighted by atomic mass is 19.1. The minimum Gasteiger partial charge on any atom is -0.468 e. The maximum atomic E-state index is 14.0. The van der Waals surface area contributed by atoms with Crippen molar-refractivity contribution in [1.82, 2.24) is 0 Å². The van der Waals surface area contributed by atoms with Crippen molar-refractivity contribution in [2.45, 2.75) is 13.8 Å². The molecule has 0 atom stereocenters. The third-order valence-corrected chi connectivity index (χ3v) is 3.38. The number of hydrogen-bond donors (Lipinski definition) is 0. The van der Waals surface area contributed by atoms with Crippen LogP contribution in [0.3, 0.4) is 0 Å². The van der Waals surface area contributed by atoms with Crippen molar-refractivity contribution in [3.05, 3.63) is 17.9 Å². The molecular weight excluding hydrogens is 248 g/mol. The van der Waals surface area contributed by atoms with Gasteiger partial charge in [-0.05, 0) is 17.6 Å². The average molecular weight is 265 g/mol. The number of halogens is 1. The maximum absolute atomic E-state index is 14.0. The van der Waals surface area contributed by atoms with Gasteiger partial charge in [0.05, 0.1) is 5.69 Å². The average Bonchev–Trinajstić information content (AvgIpc) is 2.72. The van der Waals surface area contributed by atoms with Crippen LogP contribution in [0.1, 0.15) is 13.8 Å². The SMILES string of the molecule is CN1COc2c(F)cc(B3OCC(C)(C)CO3)cc21. The Morgan fingerprint density at radius 1 is 1.26 bits per heavy atom. The number of hydrogen-bond acceptors (Lipinski definition) is 4. The monoisotopic (exact) mass is 265 g/mol. The Morgan fingerprint density at radius 3 is 2.63 bits per heavy atom. The highest BCUT2D eigenvalue weighted by Crippen LogP contribution is 2.34. The van der Waals surface area contributed by atoms with E-state index in [9.17, 15) is 4.39 Å². The Morgan fingerprint density at radius 2 is 1.95 bits per heavy atom. The van der Waals surface area contributed by atoms with E-state index in [-0.39, 0.29) is 11.2 Å². The van der Waals surface area contributed by atoms with Crippen molar-refractivity contribution in [2.75, 3.05) is 31.9 Å². The van der Waals surface area contributed by atoms with Gasteiger partial charge in [0.15, 0.2) is 18.3 Å². The highest BCUT2D eigenvalue weighted by molar-refractivity contribution is 6.61. The molecule has 6 heteroatoms. The van der Waals surface area contributed by atoms with Crippen molar-refractivity contribution in [2.24, 2.45) is 5.41 Å². The molecule has 102 valence electrons. The number of ether oxygens (including phenoxy) is 1. The van der Waals surface area contributed by atoms with Crippen LogP contribution in [0, 0.1) is 11.2 Å². The van der Waals surface area contributed by atoms with Gasteiger partial charge in [0, 0.05) is 25.7 Å². The molecule has 0 aliphatic carbocycles. The predicted octanol–water partition coefficient (Wildman–Crippen LogP) is 1.38. The van der Waals surface area contributed by atoms with Gasteiger partial charge in [-0.15, -0.1) is 0 Å². The Kier molecular flexibility index (Phi) is 2.94. The molecule has 1 saturated heterocycles. The minimum absolute atomic E-state index is 0.00563. The summed E-state index contributed by atoms with van der Waals surface area (Å²) in [5.41, 5.74) is 1.45. The first-order valence-electron chi connectivity index (χ1n) is 6.37. The molecule has 0 saturated carbocycles. The second-order valence-corrected chi connectivity index (χ2v) is 5.94. The summed E-state index contributed by atoms with van der Waals surface area (Å²) in [6, 6.07) is 3.30. The van der Waals surface area contributed by atoms with Crippen LogP contribution in [-0.2, 0) is 9.31 Å². The fourth-order valence-electron chi connectivity index (χ4n) is 2.28. The number of anilines is 1. The lowest BCUT2D eigenvalue weighted by Gasteiger charge is -2.33. The van der Waals surface area contributed by atoms with Crippen LogP contribution in [0.2, 0.25) is 0 Å². The second kappa shape index (κ2) is 4.39. The number of benzene rings is 1. The van der Waals surface area contributed by atoms with Crippen LogP contribution in [0.4, 0.5) is 10.1 Å². The molecular formula is C13H17BFNO3. The first-order chi connectivity index (χ1) is 8.96. The fourth-order valence-corrected chi connectivity index (χ4v) is 2.28. The van der Waals surface area contributed by atoms with E-state index in [1.54, 1.807) is 0 Å². The van der Waals surface area contributed by atoms with E-state index in [2.05, 4.69) is 13.8 Å². The lowest BCUT2D eigenvalue weighted by molar-refractivity contribution is 0.0343. The summed E-state index contributed by atoms with van der Waals surface area (Å²) in [5.74, 6) is -0.0590. The summed E-state index contributed by atoms with van der Waals surface area (Å²) in [5, 5.41) is 0. The summed E-state index contributed by atoms with van der Waals surface area (Å²) in [6.07, 6.45) is 0. The van der Waals surface area contributed by atoms with E-state index in [1.807, 2.05) is 18.0 Å². The molecule has 2 aliphatic rings. The molecule has 1 aromatic carbocycles. The van der Waals surface area contributed by atoms with Crippen LogP contribution in [0.15, 0.2) is 12.1 Å². The van der Waals surface area contributed by atoms with Crippen molar-refractivity contribution < 1.29 is 18.4 Å². The molecule has 3 rings (SSSR count). The molecule has 4 nitrogen and oxygen atoms in total. The van der Waals surface area contributed by atoms with Crippen molar-refractivity contribution in [3.63, 3.8) is 0 Å². The number of rotatable bonds is 1. The Balaban J connectivity index is 1.87. The molecule has 2 heterocycles. The van der Waals surface area contributed by atoms with Crippen LogP contribution in [0.25, 0.3) is 0 Å². The van der Waals surface area contributed by atoms with Gasteiger partial charge < -0.3 is 18.9 Å². The summed E-state index contributed by atoms with van der Waals surface area (Å²) in [6.45, 7) is 5.72. The number of fused-ring (bicyclic) bond motifs is 1. The molecule has 1 fully saturated rings. The molecule has 19 heavy (non-hydrogen) atoms. The van der Waals surface area contributed by atoms with E-state index in [4.69, 9.17) is 14.0 Å². The molecule has 0 aromatic heterocycles. The first-order valence-corrected chi connectivity index (χ1v) is 6.37. The highest BCUT2D eigenvalue weighted by Gasteiger charge is 2.35. The summed E-state index contributed by atoms with van der Waals surface area (Å²) in [4.78, 5) is 1.86. The topological polar surface area (TPSA) is 30.9 Å². The standard InChI is InChI=1S/C13H17BFNO3/c1-13(2)6-18-14(19-7-13)9-4-10(15)12-11(5-9)16(3)8-17-12/h4-5H,6-8H2,1-3H3. The normalized spacial score (nSPS) is 21.3. The van der Waals surface area contributed by atoms with E-state index >= 15 is 0 Å². The quantitative estimate of drug-likeness (QED) is 0.718. The molecule has 0 radical (unpaired) electrons. The second-order valence-electron chi connectivity index (χ2n) is 5.94. The van der Waals surface area contributed by atoms with Crippen LogP contribution >= 0.6 is 0 Å². The first kappa shape index (κ1) is 12.8. The smallest absolute Gasteiger partial charge is 0.468 e. The fraction of sp³-hybridized carbons (Fsp3) is 0.538. The number of nitrogens with zero attached hydrogens (tertiary/aromatic N) is 1. The molecule has 1 aromatic rings. The van der Waals surface area contributed by atoms with Gasteiger partial charge in [0.2, 0.25) is 0 Å². The zero-order chi connectivity index (χ0) is 13.6. The third-order valence-electron chi connectivity index (χ3n) is 3.38. The van der Waals surface area contributed by atoms with Gasteiger partial charge in [-0.25, -0.2) is 4.39 Å². The van der Waals surface area contributed by atoms with E-state index in [0.29, 0.717) is 31.2 Å². The molecule has 0 bridgehead atoms. The van der Waals surface area contributed by atoms with Gasteiger partial charge in [0.1, 0.15) is 0 Å². The Hall–Kier alpha value is -1.27. The van der Waals surface area contributed by atoms with Crippen molar-refractivity contribution in [3.8, 4) is 5.75 Å². The maximum Gasteiger partial charge on any atom is 0.494 e. The van der Waals surface area contributed by atoms with Crippen LogP contribution < -0.4 is 15.1 Å². The van der Waals surface area contributed by atoms with E-state index < -0.39 is 7.12 Å². The molecule has 0 N–H and O–H groups in total. The van der Waals surface area contributed by atoms with E-state index in [0.717, 1.165) is 5.69 Å². The molecule has 0 spiro atoms. The van der Waals surface area contributed by atoms with Gasteiger partial charge in [-0.2, -0.15) is 0 Å². The lowest BCUT2D eigenvalue weighted by Crippen LogP contribution is -2.47. The van der Waals surface area contributed by atoms with Crippen LogP contribution in [0.5, 0.6) is 5.75 Å². The summed E-state index contributed by atoms with van der Waals surface area (Å²) < 4.78 is 30.6.